The average Bonchev–Trinajstić information content (AvgIpc) is 2.76. The van der Waals surface area contributed by atoms with Crippen LogP contribution in [0.15, 0.2) is 30.3 Å². The molecule has 1 aromatic carbocycles. The van der Waals surface area contributed by atoms with Crippen molar-refractivity contribution in [1.82, 2.24) is 15.1 Å². The lowest BCUT2D eigenvalue weighted by atomic mass is 10.0. The van der Waals surface area contributed by atoms with Crippen LogP contribution < -0.4 is 5.32 Å². The molecule has 1 atom stereocenters. The van der Waals surface area contributed by atoms with Crippen LogP contribution in [-0.4, -0.2) is 9.78 Å². The Bertz CT molecular complexity index is 548. The van der Waals surface area contributed by atoms with E-state index in [-0.39, 0.29) is 0 Å². The van der Waals surface area contributed by atoms with Crippen molar-refractivity contribution in [1.29, 1.82) is 0 Å². The first-order valence-electron chi connectivity index (χ1n) is 7.17. The minimum atomic E-state index is 0.341. The Kier molecular flexibility index (Phi) is 5.21. The quantitative estimate of drug-likeness (QED) is 0.868. The van der Waals surface area contributed by atoms with Crippen molar-refractivity contribution in [3.8, 4) is 0 Å². The van der Waals surface area contributed by atoms with Gasteiger partial charge in [0, 0.05) is 19.1 Å². The largest absolute Gasteiger partial charge is 0.304 e. The zero-order chi connectivity index (χ0) is 14.5. The van der Waals surface area contributed by atoms with Crippen LogP contribution in [0.25, 0.3) is 0 Å². The summed E-state index contributed by atoms with van der Waals surface area (Å²) in [5, 5.41) is 8.82. The van der Waals surface area contributed by atoms with Crippen molar-refractivity contribution in [2.24, 2.45) is 0 Å². The third-order valence-electron chi connectivity index (χ3n) is 3.58. The fourth-order valence-electron chi connectivity index (χ4n) is 2.44. The highest BCUT2D eigenvalue weighted by Gasteiger charge is 2.14. The zero-order valence-electron chi connectivity index (χ0n) is 12.4. The van der Waals surface area contributed by atoms with Crippen LogP contribution in [-0.2, 0) is 13.1 Å². The molecule has 20 heavy (non-hydrogen) atoms. The maximum absolute atomic E-state index is 6.34. The van der Waals surface area contributed by atoms with E-state index in [9.17, 15) is 0 Å². The van der Waals surface area contributed by atoms with E-state index in [0.717, 1.165) is 35.9 Å². The van der Waals surface area contributed by atoms with Crippen LogP contribution in [0.1, 0.15) is 43.3 Å². The van der Waals surface area contributed by atoms with E-state index < -0.39 is 0 Å². The van der Waals surface area contributed by atoms with Crippen LogP contribution >= 0.6 is 11.6 Å². The van der Waals surface area contributed by atoms with Gasteiger partial charge in [-0.25, -0.2) is 0 Å². The van der Waals surface area contributed by atoms with Gasteiger partial charge in [0.25, 0.3) is 0 Å². The summed E-state index contributed by atoms with van der Waals surface area (Å²) in [6.07, 6.45) is 1.04. The Morgan fingerprint density at radius 3 is 2.55 bits per heavy atom. The van der Waals surface area contributed by atoms with Crippen molar-refractivity contribution in [3.05, 3.63) is 52.3 Å². The smallest absolute Gasteiger partial charge is 0.0860 e. The summed E-state index contributed by atoms with van der Waals surface area (Å²) in [5.74, 6) is 0. The molecular formula is C16H22ClN3. The summed E-state index contributed by atoms with van der Waals surface area (Å²) in [5.41, 5.74) is 3.28. The Balaban J connectivity index is 2.11. The first kappa shape index (κ1) is 15.1. The highest BCUT2D eigenvalue weighted by Crippen LogP contribution is 2.22. The van der Waals surface area contributed by atoms with E-state index >= 15 is 0 Å². The summed E-state index contributed by atoms with van der Waals surface area (Å²) in [6.45, 7) is 7.80. The first-order valence-corrected chi connectivity index (χ1v) is 7.55. The molecule has 1 N–H and O–H groups in total. The molecular weight excluding hydrogens is 270 g/mol. The van der Waals surface area contributed by atoms with Crippen molar-refractivity contribution >= 4 is 11.6 Å². The second kappa shape index (κ2) is 6.91. The molecule has 0 aliphatic carbocycles. The number of halogens is 1. The van der Waals surface area contributed by atoms with E-state index in [1.165, 1.54) is 5.56 Å². The van der Waals surface area contributed by atoms with Gasteiger partial charge in [0.1, 0.15) is 0 Å². The normalized spacial score (nSPS) is 12.6. The monoisotopic (exact) mass is 291 g/mol. The Morgan fingerprint density at radius 1 is 1.25 bits per heavy atom. The Hall–Kier alpha value is -1.32. The van der Waals surface area contributed by atoms with Gasteiger partial charge in [-0.2, -0.15) is 5.10 Å². The SMILES string of the molecule is CCC(NCc1c(Cl)c(C)nn1CC)c1ccccc1. The van der Waals surface area contributed by atoms with E-state index in [1.807, 2.05) is 17.7 Å². The molecule has 0 aliphatic heterocycles. The maximum Gasteiger partial charge on any atom is 0.0860 e. The predicted molar refractivity (Wildman–Crippen MR) is 84.0 cm³/mol. The molecule has 0 spiro atoms. The van der Waals surface area contributed by atoms with Gasteiger partial charge in [-0.3, -0.25) is 4.68 Å². The lowest BCUT2D eigenvalue weighted by Crippen LogP contribution is -2.22. The van der Waals surface area contributed by atoms with Gasteiger partial charge >= 0.3 is 0 Å². The minimum Gasteiger partial charge on any atom is -0.304 e. The fraction of sp³-hybridized carbons (Fsp3) is 0.438. The summed E-state index contributed by atoms with van der Waals surface area (Å²) in [7, 11) is 0. The number of rotatable bonds is 6. The maximum atomic E-state index is 6.34. The Labute approximate surface area is 126 Å². The molecule has 0 bridgehead atoms. The molecule has 2 rings (SSSR count). The van der Waals surface area contributed by atoms with Gasteiger partial charge in [0.15, 0.2) is 0 Å². The van der Waals surface area contributed by atoms with E-state index in [4.69, 9.17) is 11.6 Å². The molecule has 4 heteroatoms. The Morgan fingerprint density at radius 2 is 1.95 bits per heavy atom. The van der Waals surface area contributed by atoms with Gasteiger partial charge in [-0.05, 0) is 25.8 Å². The number of nitrogens with zero attached hydrogens (tertiary/aromatic N) is 2. The highest BCUT2D eigenvalue weighted by atomic mass is 35.5. The molecule has 0 fully saturated rings. The lowest BCUT2D eigenvalue weighted by molar-refractivity contribution is 0.494. The zero-order valence-corrected chi connectivity index (χ0v) is 13.1. The molecule has 1 unspecified atom stereocenters. The fourth-order valence-corrected chi connectivity index (χ4v) is 2.64. The summed E-state index contributed by atoms with van der Waals surface area (Å²) in [4.78, 5) is 0. The number of nitrogens with one attached hydrogen (secondary N) is 1. The summed E-state index contributed by atoms with van der Waals surface area (Å²) < 4.78 is 1.97. The molecule has 0 saturated carbocycles. The van der Waals surface area contributed by atoms with E-state index in [0.29, 0.717) is 6.04 Å². The van der Waals surface area contributed by atoms with Crippen molar-refractivity contribution < 1.29 is 0 Å². The van der Waals surface area contributed by atoms with Crippen LogP contribution in [0.5, 0.6) is 0 Å². The summed E-state index contributed by atoms with van der Waals surface area (Å²) in [6, 6.07) is 10.9. The second-order valence-electron chi connectivity index (χ2n) is 4.91. The molecule has 0 saturated heterocycles. The molecule has 0 amide bonds. The third kappa shape index (κ3) is 3.22. The van der Waals surface area contributed by atoms with Crippen molar-refractivity contribution in [2.75, 3.05) is 0 Å². The standard InChI is InChI=1S/C16H22ClN3/c1-4-14(13-9-7-6-8-10-13)18-11-15-16(17)12(3)19-20(15)5-2/h6-10,14,18H,4-5,11H2,1-3H3. The topological polar surface area (TPSA) is 29.9 Å². The van der Waals surface area contributed by atoms with Crippen LogP contribution in [0.2, 0.25) is 5.02 Å². The number of aromatic nitrogens is 2. The number of benzene rings is 1. The van der Waals surface area contributed by atoms with Gasteiger partial charge in [0.05, 0.1) is 16.4 Å². The molecule has 0 aliphatic rings. The van der Waals surface area contributed by atoms with E-state index in [1.54, 1.807) is 0 Å². The van der Waals surface area contributed by atoms with Gasteiger partial charge < -0.3 is 5.32 Å². The minimum absolute atomic E-state index is 0.341. The molecule has 1 aromatic heterocycles. The summed E-state index contributed by atoms with van der Waals surface area (Å²) >= 11 is 6.34. The first-order chi connectivity index (χ1) is 9.67. The van der Waals surface area contributed by atoms with Gasteiger partial charge in [-0.1, -0.05) is 48.9 Å². The van der Waals surface area contributed by atoms with Gasteiger partial charge in [0.2, 0.25) is 0 Å². The number of hydrogen-bond donors (Lipinski definition) is 1. The van der Waals surface area contributed by atoms with E-state index in [2.05, 4.69) is 48.5 Å². The predicted octanol–water partition coefficient (Wildman–Crippen LogP) is 4.11. The number of hydrogen-bond acceptors (Lipinski definition) is 2. The van der Waals surface area contributed by atoms with Crippen molar-refractivity contribution in [3.63, 3.8) is 0 Å². The molecule has 2 aromatic rings. The highest BCUT2D eigenvalue weighted by molar-refractivity contribution is 6.31. The number of aryl methyl sites for hydroxylation is 2. The average molecular weight is 292 g/mol. The second-order valence-corrected chi connectivity index (χ2v) is 5.29. The van der Waals surface area contributed by atoms with Crippen LogP contribution in [0.3, 0.4) is 0 Å². The lowest BCUT2D eigenvalue weighted by Gasteiger charge is -2.18. The third-order valence-corrected chi connectivity index (χ3v) is 4.07. The van der Waals surface area contributed by atoms with Crippen LogP contribution in [0, 0.1) is 6.92 Å². The van der Waals surface area contributed by atoms with Crippen molar-refractivity contribution in [2.45, 2.75) is 46.3 Å². The molecule has 1 heterocycles. The molecule has 3 nitrogen and oxygen atoms in total. The molecule has 108 valence electrons. The molecule has 0 radical (unpaired) electrons. The van der Waals surface area contributed by atoms with Gasteiger partial charge in [-0.15, -0.1) is 0 Å². The van der Waals surface area contributed by atoms with Crippen LogP contribution in [0.4, 0.5) is 0 Å².